The van der Waals surface area contributed by atoms with Gasteiger partial charge in [0.1, 0.15) is 5.75 Å². The van der Waals surface area contributed by atoms with Crippen LogP contribution in [0, 0.1) is 0 Å². The zero-order valence-electron chi connectivity index (χ0n) is 16.7. The molecule has 1 atom stereocenters. The lowest BCUT2D eigenvalue weighted by molar-refractivity contribution is -0.163. The Bertz CT molecular complexity index is 882. The summed E-state index contributed by atoms with van der Waals surface area (Å²) < 4.78 is 16.7. The van der Waals surface area contributed by atoms with Crippen LogP contribution in [-0.4, -0.2) is 37.8 Å². The van der Waals surface area contributed by atoms with Crippen molar-refractivity contribution in [1.29, 1.82) is 0 Å². The molecule has 2 aromatic rings. The molecule has 0 amide bonds. The maximum Gasteiger partial charge on any atom is 0.343 e. The SMILES string of the molecule is CCOC(=O)C1(C(=O)OCC)CC(c2ccccc2)c2cc(OC)cc(Br)c2N1. The first-order chi connectivity index (χ1) is 14.0. The van der Waals surface area contributed by atoms with Crippen molar-refractivity contribution < 1.29 is 23.8 Å². The van der Waals surface area contributed by atoms with E-state index in [0.29, 0.717) is 15.9 Å². The minimum atomic E-state index is -1.64. The summed E-state index contributed by atoms with van der Waals surface area (Å²) in [5, 5.41) is 3.15. The van der Waals surface area contributed by atoms with Crippen LogP contribution in [0.3, 0.4) is 0 Å². The quantitative estimate of drug-likeness (QED) is 0.511. The molecule has 7 heteroatoms. The average molecular weight is 462 g/mol. The summed E-state index contributed by atoms with van der Waals surface area (Å²) in [4.78, 5) is 26.1. The summed E-state index contributed by atoms with van der Waals surface area (Å²) in [6.45, 7) is 3.74. The second kappa shape index (κ2) is 8.86. The van der Waals surface area contributed by atoms with Gasteiger partial charge in [0.15, 0.2) is 0 Å². The first-order valence-electron chi connectivity index (χ1n) is 9.51. The number of carbonyl (C=O) groups excluding carboxylic acids is 2. The highest BCUT2D eigenvalue weighted by Gasteiger charge is 2.54. The van der Waals surface area contributed by atoms with Crippen LogP contribution in [-0.2, 0) is 19.1 Å². The highest BCUT2D eigenvalue weighted by molar-refractivity contribution is 9.10. The summed E-state index contributed by atoms with van der Waals surface area (Å²) in [5.74, 6) is -0.855. The summed E-state index contributed by atoms with van der Waals surface area (Å²) in [6.07, 6.45) is 0.168. The third-order valence-corrected chi connectivity index (χ3v) is 5.63. The normalized spacial score (nSPS) is 16.9. The van der Waals surface area contributed by atoms with E-state index in [1.165, 1.54) is 0 Å². The van der Waals surface area contributed by atoms with Crippen LogP contribution < -0.4 is 10.1 Å². The highest BCUT2D eigenvalue weighted by atomic mass is 79.9. The van der Waals surface area contributed by atoms with Gasteiger partial charge in [-0.3, -0.25) is 0 Å². The van der Waals surface area contributed by atoms with Crippen molar-refractivity contribution in [3.63, 3.8) is 0 Å². The molecular weight excluding hydrogens is 438 g/mol. The molecule has 1 heterocycles. The molecule has 0 fully saturated rings. The van der Waals surface area contributed by atoms with Crippen LogP contribution in [0.4, 0.5) is 5.69 Å². The number of fused-ring (bicyclic) bond motifs is 1. The number of rotatable bonds is 6. The largest absolute Gasteiger partial charge is 0.497 e. The Hall–Kier alpha value is -2.54. The van der Waals surface area contributed by atoms with Crippen LogP contribution in [0.2, 0.25) is 0 Å². The molecule has 0 saturated heterocycles. The Morgan fingerprint density at radius 3 is 2.28 bits per heavy atom. The van der Waals surface area contributed by atoms with Crippen LogP contribution in [0.25, 0.3) is 0 Å². The molecular formula is C22H24BrNO5. The molecule has 1 unspecified atom stereocenters. The maximum atomic E-state index is 13.0. The van der Waals surface area contributed by atoms with Gasteiger partial charge in [0.05, 0.1) is 26.0 Å². The van der Waals surface area contributed by atoms with Crippen molar-refractivity contribution >= 4 is 33.6 Å². The lowest BCUT2D eigenvalue weighted by Crippen LogP contribution is -2.58. The van der Waals surface area contributed by atoms with E-state index in [9.17, 15) is 9.59 Å². The van der Waals surface area contributed by atoms with Crippen LogP contribution in [0.15, 0.2) is 46.9 Å². The predicted molar refractivity (Wildman–Crippen MR) is 113 cm³/mol. The van der Waals surface area contributed by atoms with Gasteiger partial charge in [0.25, 0.3) is 0 Å². The highest BCUT2D eigenvalue weighted by Crippen LogP contribution is 2.48. The molecule has 1 aliphatic rings. The fourth-order valence-electron chi connectivity index (χ4n) is 3.65. The number of halogens is 1. The van der Waals surface area contributed by atoms with Crippen molar-refractivity contribution in [1.82, 2.24) is 0 Å². The zero-order chi connectivity index (χ0) is 21.0. The molecule has 0 aromatic heterocycles. The average Bonchev–Trinajstić information content (AvgIpc) is 2.74. The van der Waals surface area contributed by atoms with E-state index < -0.39 is 17.5 Å². The minimum Gasteiger partial charge on any atom is -0.497 e. The van der Waals surface area contributed by atoms with Crippen molar-refractivity contribution in [2.45, 2.75) is 31.7 Å². The van der Waals surface area contributed by atoms with Gasteiger partial charge in [-0.15, -0.1) is 0 Å². The molecule has 6 nitrogen and oxygen atoms in total. The monoisotopic (exact) mass is 461 g/mol. The summed E-state index contributed by atoms with van der Waals surface area (Å²) >= 11 is 3.55. The third-order valence-electron chi connectivity index (χ3n) is 5.00. The molecule has 0 radical (unpaired) electrons. The topological polar surface area (TPSA) is 73.9 Å². The van der Waals surface area contributed by atoms with E-state index in [4.69, 9.17) is 14.2 Å². The summed E-state index contributed by atoms with van der Waals surface area (Å²) in [7, 11) is 1.60. The molecule has 2 aromatic carbocycles. The van der Waals surface area contributed by atoms with Gasteiger partial charge in [-0.25, -0.2) is 9.59 Å². The summed E-state index contributed by atoms with van der Waals surface area (Å²) in [6, 6.07) is 13.5. The Balaban J connectivity index is 2.22. The van der Waals surface area contributed by atoms with Gasteiger partial charge in [0.2, 0.25) is 5.54 Å². The van der Waals surface area contributed by atoms with E-state index in [-0.39, 0.29) is 25.6 Å². The first kappa shape index (κ1) is 21.2. The number of hydrogen-bond acceptors (Lipinski definition) is 6. The van der Waals surface area contributed by atoms with Gasteiger partial charge in [-0.2, -0.15) is 0 Å². The zero-order valence-corrected chi connectivity index (χ0v) is 18.2. The number of carbonyl (C=O) groups is 2. The lowest BCUT2D eigenvalue weighted by atomic mass is 9.75. The molecule has 0 saturated carbocycles. The molecule has 154 valence electrons. The molecule has 3 rings (SSSR count). The Labute approximate surface area is 178 Å². The molecule has 0 bridgehead atoms. The van der Waals surface area contributed by atoms with Gasteiger partial charge < -0.3 is 19.5 Å². The van der Waals surface area contributed by atoms with E-state index in [0.717, 1.165) is 11.1 Å². The van der Waals surface area contributed by atoms with Crippen LogP contribution in [0.1, 0.15) is 37.3 Å². The van der Waals surface area contributed by atoms with E-state index in [1.54, 1.807) is 27.0 Å². The third kappa shape index (κ3) is 3.96. The number of hydrogen-bond donors (Lipinski definition) is 1. The van der Waals surface area contributed by atoms with E-state index in [1.807, 2.05) is 36.4 Å². The second-order valence-corrected chi connectivity index (χ2v) is 7.57. The fourth-order valence-corrected chi connectivity index (χ4v) is 4.20. The number of benzene rings is 2. The molecule has 1 aliphatic heterocycles. The van der Waals surface area contributed by atoms with E-state index in [2.05, 4.69) is 21.2 Å². The number of anilines is 1. The molecule has 0 aliphatic carbocycles. The molecule has 0 spiro atoms. The van der Waals surface area contributed by atoms with Gasteiger partial charge >= 0.3 is 11.9 Å². The van der Waals surface area contributed by atoms with Crippen molar-refractivity contribution in [2.75, 3.05) is 25.6 Å². The molecule has 29 heavy (non-hydrogen) atoms. The number of nitrogens with one attached hydrogen (secondary N) is 1. The first-order valence-corrected chi connectivity index (χ1v) is 10.3. The Morgan fingerprint density at radius 2 is 1.72 bits per heavy atom. The predicted octanol–water partition coefficient (Wildman–Crippen LogP) is 4.27. The lowest BCUT2D eigenvalue weighted by Gasteiger charge is -2.40. The smallest absolute Gasteiger partial charge is 0.343 e. The van der Waals surface area contributed by atoms with E-state index >= 15 is 0 Å². The second-order valence-electron chi connectivity index (χ2n) is 6.71. The van der Waals surface area contributed by atoms with Gasteiger partial charge in [-0.1, -0.05) is 30.3 Å². The minimum absolute atomic E-state index is 0.161. The van der Waals surface area contributed by atoms with Crippen molar-refractivity contribution in [2.24, 2.45) is 0 Å². The van der Waals surface area contributed by atoms with Crippen molar-refractivity contribution in [3.8, 4) is 5.75 Å². The Kier molecular flexibility index (Phi) is 6.47. The molecule has 1 N–H and O–H groups in total. The number of methoxy groups -OCH3 is 1. The summed E-state index contributed by atoms with van der Waals surface area (Å²) in [5.41, 5.74) is 0.906. The maximum absolute atomic E-state index is 13.0. The van der Waals surface area contributed by atoms with Crippen LogP contribution in [0.5, 0.6) is 5.75 Å². The fraction of sp³-hybridized carbons (Fsp3) is 0.364. The van der Waals surface area contributed by atoms with Crippen LogP contribution >= 0.6 is 15.9 Å². The Morgan fingerprint density at radius 1 is 1.10 bits per heavy atom. The van der Waals surface area contributed by atoms with Crippen molar-refractivity contribution in [3.05, 3.63) is 58.1 Å². The number of esters is 2. The number of ether oxygens (including phenoxy) is 3. The van der Waals surface area contributed by atoms with Gasteiger partial charge in [-0.05, 0) is 53.0 Å². The standard InChI is InChI=1S/C22H24BrNO5/c1-4-28-20(25)22(21(26)29-5-2)13-17(14-9-7-6-8-10-14)16-11-15(27-3)12-18(23)19(16)24-22/h6-12,17,24H,4-5,13H2,1-3H3. The van der Waals surface area contributed by atoms with Gasteiger partial charge in [0, 0.05) is 16.8 Å².